The van der Waals surface area contributed by atoms with Gasteiger partial charge in [-0.05, 0) is 55.6 Å². The fourth-order valence-corrected chi connectivity index (χ4v) is 6.46. The third-order valence-corrected chi connectivity index (χ3v) is 7.89. The van der Waals surface area contributed by atoms with Gasteiger partial charge in [0.05, 0.1) is 10.5 Å². The standard InChI is InChI=1S/C23H24ClF2NOS/c24-14-10-18(25)22(19(26)11-14)13-8-16-17-12-27-7-6-20(17)28-23(16)21(9-13)29-15-4-2-1-3-5-15/h8-11,15,17,20,27H,1-7,12H2/t17-,20-/m0/s1. The van der Waals surface area contributed by atoms with E-state index >= 15 is 0 Å². The third-order valence-electron chi connectivity index (χ3n) is 6.31. The van der Waals surface area contributed by atoms with E-state index in [0.29, 0.717) is 10.8 Å². The summed E-state index contributed by atoms with van der Waals surface area (Å²) in [5.74, 6) is -0.0952. The number of piperidine rings is 1. The normalized spacial score (nSPS) is 24.1. The van der Waals surface area contributed by atoms with Crippen molar-refractivity contribution in [3.63, 3.8) is 0 Å². The predicted octanol–water partition coefficient (Wildman–Crippen LogP) is 6.55. The maximum absolute atomic E-state index is 14.7. The molecule has 154 valence electrons. The van der Waals surface area contributed by atoms with Crippen molar-refractivity contribution in [2.45, 2.75) is 60.7 Å². The minimum absolute atomic E-state index is 0.00471. The Hall–Kier alpha value is -1.30. The number of thioether (sulfide) groups is 1. The Morgan fingerprint density at radius 2 is 1.76 bits per heavy atom. The van der Waals surface area contributed by atoms with E-state index in [0.717, 1.165) is 35.7 Å². The first-order valence-corrected chi connectivity index (χ1v) is 11.7. The smallest absolute Gasteiger partial charge is 0.137 e. The summed E-state index contributed by atoms with van der Waals surface area (Å²) < 4.78 is 35.8. The van der Waals surface area contributed by atoms with Crippen LogP contribution in [-0.2, 0) is 0 Å². The summed E-state index contributed by atoms with van der Waals surface area (Å²) in [7, 11) is 0. The predicted molar refractivity (Wildman–Crippen MR) is 114 cm³/mol. The first-order chi connectivity index (χ1) is 14.1. The molecule has 3 aliphatic rings. The molecular formula is C23H24ClF2NOS. The van der Waals surface area contributed by atoms with Crippen molar-refractivity contribution in [1.29, 1.82) is 0 Å². The van der Waals surface area contributed by atoms with E-state index < -0.39 is 11.6 Å². The highest BCUT2D eigenvalue weighted by Gasteiger charge is 2.38. The van der Waals surface area contributed by atoms with Crippen LogP contribution in [0.4, 0.5) is 8.78 Å². The SMILES string of the molecule is Fc1cc(Cl)cc(F)c1-c1cc(SC2CCCCC2)c2c(c1)[C@@H]1CNCC[C@@H]1O2. The van der Waals surface area contributed by atoms with Crippen molar-refractivity contribution in [3.8, 4) is 16.9 Å². The van der Waals surface area contributed by atoms with Gasteiger partial charge in [0, 0.05) is 28.3 Å². The van der Waals surface area contributed by atoms with E-state index in [1.54, 1.807) is 0 Å². The highest BCUT2D eigenvalue weighted by Crippen LogP contribution is 2.50. The Balaban J connectivity index is 1.60. The fraction of sp³-hybridized carbons (Fsp3) is 0.478. The quantitative estimate of drug-likeness (QED) is 0.590. The zero-order chi connectivity index (χ0) is 20.0. The Labute approximate surface area is 179 Å². The monoisotopic (exact) mass is 435 g/mol. The lowest BCUT2D eigenvalue weighted by atomic mass is 9.89. The van der Waals surface area contributed by atoms with Gasteiger partial charge < -0.3 is 10.1 Å². The van der Waals surface area contributed by atoms with Crippen LogP contribution in [0.3, 0.4) is 0 Å². The summed E-state index contributed by atoms with van der Waals surface area (Å²) in [5.41, 5.74) is 1.64. The molecule has 1 saturated carbocycles. The van der Waals surface area contributed by atoms with Crippen molar-refractivity contribution < 1.29 is 13.5 Å². The van der Waals surface area contributed by atoms with Gasteiger partial charge in [-0.3, -0.25) is 0 Å². The summed E-state index contributed by atoms with van der Waals surface area (Å²) in [4.78, 5) is 1.02. The van der Waals surface area contributed by atoms with Crippen LogP contribution in [0.5, 0.6) is 5.75 Å². The first kappa shape index (κ1) is 19.7. The molecule has 0 unspecified atom stereocenters. The van der Waals surface area contributed by atoms with E-state index in [2.05, 4.69) is 5.32 Å². The van der Waals surface area contributed by atoms with Gasteiger partial charge in [-0.1, -0.05) is 30.9 Å². The van der Waals surface area contributed by atoms with Crippen molar-refractivity contribution in [3.05, 3.63) is 46.5 Å². The Bertz CT molecular complexity index is 908. The molecule has 0 amide bonds. The van der Waals surface area contributed by atoms with Crippen molar-refractivity contribution in [1.82, 2.24) is 5.32 Å². The van der Waals surface area contributed by atoms with Crippen molar-refractivity contribution in [2.75, 3.05) is 13.1 Å². The molecule has 2 heterocycles. The summed E-state index contributed by atoms with van der Waals surface area (Å²) in [6.07, 6.45) is 7.25. The van der Waals surface area contributed by atoms with Crippen molar-refractivity contribution in [2.24, 2.45) is 0 Å². The van der Waals surface area contributed by atoms with Crippen LogP contribution in [0.1, 0.15) is 50.0 Å². The molecular weight excluding hydrogens is 412 g/mol. The van der Waals surface area contributed by atoms with Crippen LogP contribution >= 0.6 is 23.4 Å². The number of hydrogen-bond donors (Lipinski definition) is 1. The van der Waals surface area contributed by atoms with Crippen molar-refractivity contribution >= 4 is 23.4 Å². The summed E-state index contributed by atoms with van der Waals surface area (Å²) in [5, 5.41) is 4.04. The molecule has 6 heteroatoms. The second-order valence-corrected chi connectivity index (χ2v) is 10.0. The van der Waals surface area contributed by atoms with E-state index in [4.69, 9.17) is 16.3 Å². The van der Waals surface area contributed by atoms with E-state index in [-0.39, 0.29) is 22.6 Å². The zero-order valence-corrected chi connectivity index (χ0v) is 17.7. The lowest BCUT2D eigenvalue weighted by Gasteiger charge is -2.25. The molecule has 29 heavy (non-hydrogen) atoms. The average molecular weight is 436 g/mol. The third kappa shape index (κ3) is 3.77. The van der Waals surface area contributed by atoms with Crippen LogP contribution in [0, 0.1) is 11.6 Å². The molecule has 2 atom stereocenters. The van der Waals surface area contributed by atoms with Gasteiger partial charge in [0.25, 0.3) is 0 Å². The first-order valence-electron chi connectivity index (χ1n) is 10.5. The second kappa shape index (κ2) is 8.09. The number of ether oxygens (including phenoxy) is 1. The Morgan fingerprint density at radius 1 is 1.00 bits per heavy atom. The van der Waals surface area contributed by atoms with Gasteiger partial charge in [-0.15, -0.1) is 11.8 Å². The molecule has 2 fully saturated rings. The van der Waals surface area contributed by atoms with Crippen LogP contribution in [0.2, 0.25) is 5.02 Å². The fourth-order valence-electron chi connectivity index (χ4n) is 4.87. The van der Waals surface area contributed by atoms with E-state index in [1.807, 2.05) is 23.9 Å². The molecule has 2 nitrogen and oxygen atoms in total. The van der Waals surface area contributed by atoms with Gasteiger partial charge in [0.2, 0.25) is 0 Å². The molecule has 5 rings (SSSR count). The summed E-state index contributed by atoms with van der Waals surface area (Å²) >= 11 is 7.67. The highest BCUT2D eigenvalue weighted by atomic mass is 35.5. The summed E-state index contributed by atoms with van der Waals surface area (Å²) in [6.45, 7) is 1.77. The maximum Gasteiger partial charge on any atom is 0.137 e. The minimum Gasteiger partial charge on any atom is -0.488 e. The van der Waals surface area contributed by atoms with Gasteiger partial charge in [-0.25, -0.2) is 8.78 Å². The Kier molecular flexibility index (Phi) is 5.48. The van der Waals surface area contributed by atoms with Gasteiger partial charge in [0.15, 0.2) is 0 Å². The molecule has 1 aliphatic carbocycles. The molecule has 2 aromatic rings. The Morgan fingerprint density at radius 3 is 2.52 bits per heavy atom. The van der Waals surface area contributed by atoms with Crippen LogP contribution in [0.25, 0.3) is 11.1 Å². The number of fused-ring (bicyclic) bond motifs is 3. The molecule has 2 aromatic carbocycles. The lowest BCUT2D eigenvalue weighted by molar-refractivity contribution is 0.169. The molecule has 0 spiro atoms. The summed E-state index contributed by atoms with van der Waals surface area (Å²) in [6, 6.07) is 6.21. The molecule has 0 aromatic heterocycles. The molecule has 2 aliphatic heterocycles. The molecule has 0 bridgehead atoms. The molecule has 0 radical (unpaired) electrons. The topological polar surface area (TPSA) is 21.3 Å². The van der Waals surface area contributed by atoms with Crippen LogP contribution < -0.4 is 10.1 Å². The number of halogens is 3. The number of benzene rings is 2. The van der Waals surface area contributed by atoms with Crippen LogP contribution in [-0.4, -0.2) is 24.4 Å². The van der Waals surface area contributed by atoms with Crippen LogP contribution in [0.15, 0.2) is 29.2 Å². The largest absolute Gasteiger partial charge is 0.488 e. The lowest BCUT2D eigenvalue weighted by Crippen LogP contribution is -2.37. The highest BCUT2D eigenvalue weighted by molar-refractivity contribution is 8.00. The molecule has 1 saturated heterocycles. The number of rotatable bonds is 3. The second-order valence-electron chi connectivity index (χ2n) is 8.27. The van der Waals surface area contributed by atoms with Gasteiger partial charge in [0.1, 0.15) is 23.5 Å². The van der Waals surface area contributed by atoms with Gasteiger partial charge in [-0.2, -0.15) is 0 Å². The zero-order valence-electron chi connectivity index (χ0n) is 16.1. The number of hydrogen-bond acceptors (Lipinski definition) is 3. The minimum atomic E-state index is -0.624. The van der Waals surface area contributed by atoms with E-state index in [1.165, 1.54) is 44.2 Å². The maximum atomic E-state index is 14.7. The average Bonchev–Trinajstić information content (AvgIpc) is 3.07. The van der Waals surface area contributed by atoms with Gasteiger partial charge >= 0.3 is 0 Å². The van der Waals surface area contributed by atoms with E-state index in [9.17, 15) is 8.78 Å². The molecule has 1 N–H and O–H groups in total. The number of nitrogens with one attached hydrogen (secondary N) is 1.